The lowest BCUT2D eigenvalue weighted by molar-refractivity contribution is 0.0950. The van der Waals surface area contributed by atoms with Crippen LogP contribution in [0, 0.1) is 12.8 Å². The lowest BCUT2D eigenvalue weighted by Gasteiger charge is -2.30. The van der Waals surface area contributed by atoms with Gasteiger partial charge in [-0.2, -0.15) is 0 Å². The van der Waals surface area contributed by atoms with E-state index in [9.17, 15) is 4.79 Å². The summed E-state index contributed by atoms with van der Waals surface area (Å²) < 4.78 is 2.09. The van der Waals surface area contributed by atoms with Crippen LogP contribution in [0.3, 0.4) is 0 Å². The topological polar surface area (TPSA) is 50.2 Å². The van der Waals surface area contributed by atoms with E-state index in [1.54, 1.807) is 0 Å². The van der Waals surface area contributed by atoms with E-state index in [1.807, 2.05) is 43.6 Å². The van der Waals surface area contributed by atoms with Gasteiger partial charge in [0.1, 0.15) is 5.82 Å². The molecule has 0 spiro atoms. The number of benzene rings is 1. The summed E-state index contributed by atoms with van der Waals surface area (Å²) in [6, 6.07) is 7.85. The molecule has 0 aliphatic carbocycles. The molecular weight excluding hydrogens is 324 g/mol. The minimum Gasteiger partial charge on any atom is -0.352 e. The van der Waals surface area contributed by atoms with E-state index < -0.39 is 0 Å². The largest absolute Gasteiger partial charge is 0.352 e. The fourth-order valence-electron chi connectivity index (χ4n) is 3.63. The molecule has 140 valence electrons. The van der Waals surface area contributed by atoms with Crippen molar-refractivity contribution in [3.63, 3.8) is 0 Å². The highest BCUT2D eigenvalue weighted by Gasteiger charge is 2.15. The summed E-state index contributed by atoms with van der Waals surface area (Å²) in [4.78, 5) is 19.0. The number of imidazole rings is 1. The lowest BCUT2D eigenvalue weighted by atomic mass is 10.0. The van der Waals surface area contributed by atoms with Crippen molar-refractivity contribution in [2.75, 3.05) is 26.2 Å². The average molecular weight is 354 g/mol. The molecule has 0 bridgehead atoms. The first-order valence-electron chi connectivity index (χ1n) is 9.69. The molecular formula is C21H30N4O. The van der Waals surface area contributed by atoms with E-state index >= 15 is 0 Å². The number of piperidine rings is 1. The van der Waals surface area contributed by atoms with Crippen molar-refractivity contribution < 1.29 is 4.79 Å². The Hall–Kier alpha value is -2.14. The van der Waals surface area contributed by atoms with Gasteiger partial charge in [-0.25, -0.2) is 4.98 Å². The van der Waals surface area contributed by atoms with Gasteiger partial charge in [0, 0.05) is 37.6 Å². The number of carbonyl (C=O) groups is 1. The highest BCUT2D eigenvalue weighted by molar-refractivity contribution is 5.94. The molecule has 1 N–H and O–H groups in total. The molecule has 1 aromatic heterocycles. The second-order valence-electron chi connectivity index (χ2n) is 7.46. The lowest BCUT2D eigenvalue weighted by Crippen LogP contribution is -2.36. The second kappa shape index (κ2) is 8.99. The molecule has 26 heavy (non-hydrogen) atoms. The molecule has 1 fully saturated rings. The number of aryl methyl sites for hydroxylation is 1. The molecule has 1 aliphatic rings. The Balaban J connectivity index is 1.41. The monoisotopic (exact) mass is 354 g/mol. The van der Waals surface area contributed by atoms with Gasteiger partial charge >= 0.3 is 0 Å². The predicted octanol–water partition coefficient (Wildman–Crippen LogP) is 3.09. The van der Waals surface area contributed by atoms with E-state index in [2.05, 4.69) is 26.7 Å². The first kappa shape index (κ1) is 18.6. The Kier molecular flexibility index (Phi) is 6.45. The van der Waals surface area contributed by atoms with Gasteiger partial charge in [0.25, 0.3) is 5.91 Å². The van der Waals surface area contributed by atoms with Gasteiger partial charge in [0.2, 0.25) is 0 Å². The zero-order chi connectivity index (χ0) is 18.4. The van der Waals surface area contributed by atoms with Gasteiger partial charge in [0.15, 0.2) is 0 Å². The number of hydrogen-bond acceptors (Lipinski definition) is 3. The Morgan fingerprint density at radius 2 is 2.12 bits per heavy atom. The zero-order valence-electron chi connectivity index (χ0n) is 15.9. The Labute approximate surface area is 156 Å². The van der Waals surface area contributed by atoms with Crippen molar-refractivity contribution >= 4 is 5.91 Å². The molecule has 3 rings (SSSR count). The first-order valence-corrected chi connectivity index (χ1v) is 9.69. The van der Waals surface area contributed by atoms with Crippen LogP contribution in [0.5, 0.6) is 0 Å². The molecule has 0 radical (unpaired) electrons. The fraction of sp³-hybridized carbons (Fsp3) is 0.524. The van der Waals surface area contributed by atoms with Crippen LogP contribution in [0.1, 0.15) is 47.9 Å². The minimum absolute atomic E-state index is 0.0161. The minimum atomic E-state index is 0.0161. The van der Waals surface area contributed by atoms with Crippen molar-refractivity contribution in [2.45, 2.75) is 39.7 Å². The summed E-state index contributed by atoms with van der Waals surface area (Å²) in [6.07, 6.45) is 7.44. The third-order valence-electron chi connectivity index (χ3n) is 5.17. The van der Waals surface area contributed by atoms with E-state index in [4.69, 9.17) is 0 Å². The molecule has 1 atom stereocenters. The summed E-state index contributed by atoms with van der Waals surface area (Å²) in [5, 5.41) is 3.04. The van der Waals surface area contributed by atoms with Crippen LogP contribution >= 0.6 is 0 Å². The fourth-order valence-corrected chi connectivity index (χ4v) is 3.63. The maximum absolute atomic E-state index is 12.3. The normalized spacial score (nSPS) is 18.0. The standard InChI is InChI=1S/C21H30N4O/c1-17-5-3-12-24(15-17)13-4-10-23-21(26)20-8-6-19(7-9-20)16-25-14-11-22-18(25)2/h6-9,11,14,17H,3-5,10,12-13,15-16H2,1-2H3,(H,23,26)/t17-/m0/s1. The van der Waals surface area contributed by atoms with Crippen LogP contribution in [0.25, 0.3) is 0 Å². The highest BCUT2D eigenvalue weighted by atomic mass is 16.1. The van der Waals surface area contributed by atoms with Crippen molar-refractivity contribution in [3.05, 3.63) is 53.6 Å². The molecule has 0 unspecified atom stereocenters. The molecule has 1 aliphatic heterocycles. The Bertz CT molecular complexity index is 707. The molecule has 2 heterocycles. The maximum atomic E-state index is 12.3. The van der Waals surface area contributed by atoms with Crippen LogP contribution < -0.4 is 5.32 Å². The SMILES string of the molecule is Cc1nccn1Cc1ccc(C(=O)NCCCN2CCC[C@H](C)C2)cc1. The van der Waals surface area contributed by atoms with Crippen molar-refractivity contribution in [1.29, 1.82) is 0 Å². The van der Waals surface area contributed by atoms with E-state index in [0.717, 1.165) is 43.4 Å². The Morgan fingerprint density at radius 1 is 1.31 bits per heavy atom. The van der Waals surface area contributed by atoms with Gasteiger partial charge in [-0.1, -0.05) is 19.1 Å². The molecule has 0 saturated carbocycles. The van der Waals surface area contributed by atoms with Crippen LogP contribution in [0.2, 0.25) is 0 Å². The van der Waals surface area contributed by atoms with Crippen LogP contribution in [-0.4, -0.2) is 46.5 Å². The second-order valence-corrected chi connectivity index (χ2v) is 7.46. The number of likely N-dealkylation sites (tertiary alicyclic amines) is 1. The predicted molar refractivity (Wildman–Crippen MR) is 104 cm³/mol. The summed E-state index contributed by atoms with van der Waals surface area (Å²) in [5.74, 6) is 1.82. The van der Waals surface area contributed by atoms with Gasteiger partial charge in [-0.05, 0) is 62.9 Å². The Morgan fingerprint density at radius 3 is 2.81 bits per heavy atom. The maximum Gasteiger partial charge on any atom is 0.251 e. The zero-order valence-corrected chi connectivity index (χ0v) is 15.9. The van der Waals surface area contributed by atoms with Crippen LogP contribution in [0.15, 0.2) is 36.7 Å². The number of amides is 1. The van der Waals surface area contributed by atoms with Crippen LogP contribution in [-0.2, 0) is 6.54 Å². The quantitative estimate of drug-likeness (QED) is 0.778. The van der Waals surface area contributed by atoms with Crippen molar-refractivity contribution in [3.8, 4) is 0 Å². The third kappa shape index (κ3) is 5.18. The summed E-state index contributed by atoms with van der Waals surface area (Å²) in [5.41, 5.74) is 1.89. The van der Waals surface area contributed by atoms with E-state index in [1.165, 1.54) is 31.5 Å². The molecule has 1 aromatic carbocycles. The first-order chi connectivity index (χ1) is 12.6. The summed E-state index contributed by atoms with van der Waals surface area (Å²) >= 11 is 0. The van der Waals surface area contributed by atoms with E-state index in [0.29, 0.717) is 0 Å². The number of rotatable bonds is 7. The van der Waals surface area contributed by atoms with E-state index in [-0.39, 0.29) is 5.91 Å². The molecule has 2 aromatic rings. The number of nitrogens with zero attached hydrogens (tertiary/aromatic N) is 3. The van der Waals surface area contributed by atoms with Crippen molar-refractivity contribution in [1.82, 2.24) is 19.8 Å². The molecule has 1 amide bonds. The molecule has 1 saturated heterocycles. The van der Waals surface area contributed by atoms with Gasteiger partial charge in [-0.3, -0.25) is 4.79 Å². The number of nitrogens with one attached hydrogen (secondary N) is 1. The number of carbonyl (C=O) groups excluding carboxylic acids is 1. The molecule has 5 nitrogen and oxygen atoms in total. The van der Waals surface area contributed by atoms with Gasteiger partial charge in [-0.15, -0.1) is 0 Å². The smallest absolute Gasteiger partial charge is 0.251 e. The molecule has 5 heteroatoms. The third-order valence-corrected chi connectivity index (χ3v) is 5.17. The average Bonchev–Trinajstić information content (AvgIpc) is 3.04. The number of hydrogen-bond donors (Lipinski definition) is 1. The van der Waals surface area contributed by atoms with Crippen molar-refractivity contribution in [2.24, 2.45) is 5.92 Å². The highest BCUT2D eigenvalue weighted by Crippen LogP contribution is 2.15. The van der Waals surface area contributed by atoms with Crippen LogP contribution in [0.4, 0.5) is 0 Å². The summed E-state index contributed by atoms with van der Waals surface area (Å²) in [6.45, 7) is 9.32. The number of aromatic nitrogens is 2. The van der Waals surface area contributed by atoms with Gasteiger partial charge < -0.3 is 14.8 Å². The van der Waals surface area contributed by atoms with Gasteiger partial charge in [0.05, 0.1) is 0 Å². The summed E-state index contributed by atoms with van der Waals surface area (Å²) in [7, 11) is 0.